The molecule has 0 aromatic heterocycles. The monoisotopic (exact) mass is 389 g/mol. The van der Waals surface area contributed by atoms with E-state index >= 15 is 0 Å². The normalized spacial score (nSPS) is 12.7. The zero-order chi connectivity index (χ0) is 19.0. The quantitative estimate of drug-likeness (QED) is 0.272. The molecule has 0 spiro atoms. The summed E-state index contributed by atoms with van der Waals surface area (Å²) in [4.78, 5) is 11.8. The van der Waals surface area contributed by atoms with Gasteiger partial charge in [-0.2, -0.15) is 5.26 Å². The van der Waals surface area contributed by atoms with E-state index in [1.165, 1.54) is 6.07 Å². The summed E-state index contributed by atoms with van der Waals surface area (Å²) in [6, 6.07) is 8.46. The number of methoxy groups -OCH3 is 1. The number of hydrogen-bond acceptors (Lipinski definition) is 6. The molecule has 0 radical (unpaired) electrons. The van der Waals surface area contributed by atoms with Crippen molar-refractivity contribution in [3.05, 3.63) is 35.4 Å². The van der Waals surface area contributed by atoms with E-state index in [1.54, 1.807) is 25.3 Å². The Hall–Kier alpha value is -0.800. The number of rotatable bonds is 9. The van der Waals surface area contributed by atoms with Gasteiger partial charge in [-0.15, -0.1) is 0 Å². The molecule has 26 heavy (non-hydrogen) atoms. The number of nitriles is 1. The van der Waals surface area contributed by atoms with Gasteiger partial charge in [0.2, 0.25) is 0 Å². The number of hydrogen-bond donors (Lipinski definition) is 0. The Morgan fingerprint density at radius 3 is 2.38 bits per heavy atom. The number of benzene rings is 1. The number of ether oxygens (including phenoxy) is 1. The van der Waals surface area contributed by atoms with Gasteiger partial charge in [0.25, 0.3) is 0 Å². The zero-order valence-electron chi connectivity index (χ0n) is 16.3. The maximum atomic E-state index is 11.8. The fourth-order valence-electron chi connectivity index (χ4n) is 2.65. The minimum absolute atomic E-state index is 0. The summed E-state index contributed by atoms with van der Waals surface area (Å²) in [6.07, 6.45) is -0.0294. The first-order chi connectivity index (χ1) is 11.7. The Morgan fingerprint density at radius 1 is 1.27 bits per heavy atom. The van der Waals surface area contributed by atoms with Crippen LogP contribution < -0.4 is 39.0 Å². The Morgan fingerprint density at radius 2 is 1.88 bits per heavy atom. The maximum Gasteiger partial charge on any atom is 1.00 e. The summed E-state index contributed by atoms with van der Waals surface area (Å²) in [6.45, 7) is 8.12. The van der Waals surface area contributed by atoms with Gasteiger partial charge in [-0.1, -0.05) is 39.8 Å². The fourth-order valence-corrected chi connectivity index (χ4v) is 3.39. The van der Waals surface area contributed by atoms with Crippen LogP contribution in [-0.2, 0) is 13.8 Å². The van der Waals surface area contributed by atoms with E-state index in [2.05, 4.69) is 32.2 Å². The third kappa shape index (κ3) is 7.84. The Bertz CT molecular complexity index is 687. The van der Waals surface area contributed by atoms with Crippen LogP contribution in [0.4, 0.5) is 0 Å². The number of nitrogens with zero attached hydrogens (tertiary/aromatic N) is 1. The zero-order valence-corrected chi connectivity index (χ0v) is 19.2. The molecule has 0 bridgehead atoms. The third-order valence-electron chi connectivity index (χ3n) is 3.49. The summed E-state index contributed by atoms with van der Waals surface area (Å²) < 4.78 is 27.0. The van der Waals surface area contributed by atoms with E-state index in [4.69, 9.17) is 14.5 Å². The molecule has 1 aromatic rings. The van der Waals surface area contributed by atoms with Crippen LogP contribution in [0.25, 0.3) is 5.76 Å². The predicted molar refractivity (Wildman–Crippen MR) is 94.5 cm³/mol. The van der Waals surface area contributed by atoms with Crippen LogP contribution in [0.15, 0.2) is 29.8 Å². The first kappa shape index (κ1) is 25.2. The van der Waals surface area contributed by atoms with Gasteiger partial charge in [-0.25, -0.2) is 0 Å². The van der Waals surface area contributed by atoms with Crippen molar-refractivity contribution < 1.29 is 52.8 Å². The van der Waals surface area contributed by atoms with Crippen molar-refractivity contribution in [2.45, 2.75) is 34.1 Å². The van der Waals surface area contributed by atoms with Crippen LogP contribution in [0.2, 0.25) is 0 Å². The van der Waals surface area contributed by atoms with Gasteiger partial charge in [0.1, 0.15) is 11.5 Å². The molecule has 0 aliphatic rings. The van der Waals surface area contributed by atoms with Crippen LogP contribution >= 0.6 is 7.82 Å². The SMILES string of the molecule is COC(=C(C(C)C)C(C)C)c1cccc(OP(=O)([O-])OCCC#N)c1.[Na+]. The second-order valence-corrected chi connectivity index (χ2v) is 7.44. The molecule has 6 nitrogen and oxygen atoms in total. The van der Waals surface area contributed by atoms with Gasteiger partial charge in [0, 0.05) is 5.56 Å². The van der Waals surface area contributed by atoms with Crippen molar-refractivity contribution in [1.29, 1.82) is 5.26 Å². The second kappa shape index (κ2) is 11.8. The van der Waals surface area contributed by atoms with Gasteiger partial charge in [0.05, 0.1) is 26.2 Å². The maximum absolute atomic E-state index is 11.8. The molecule has 1 unspecified atom stereocenters. The molecule has 0 saturated heterocycles. The summed E-state index contributed by atoms with van der Waals surface area (Å²) in [5.41, 5.74) is 1.87. The van der Waals surface area contributed by atoms with Gasteiger partial charge < -0.3 is 18.7 Å². The molecular formula is C18H25NNaO5P. The number of phosphoric acid groups is 1. The predicted octanol–water partition coefficient (Wildman–Crippen LogP) is 1.14. The standard InChI is InChI=1S/C18H26NO5P.Na/c1-13(2)17(14(3)4)18(22-5)15-8-6-9-16(12-15)24-25(20,21)23-11-7-10-19;/h6,8-9,12-14H,7,11H2,1-5H3,(H,20,21);/q;+1/p-1. The Balaban J connectivity index is 0.00000625. The van der Waals surface area contributed by atoms with E-state index < -0.39 is 7.82 Å². The van der Waals surface area contributed by atoms with E-state index in [9.17, 15) is 9.46 Å². The van der Waals surface area contributed by atoms with Crippen LogP contribution in [0, 0.1) is 23.2 Å². The molecule has 0 aliphatic heterocycles. The minimum Gasteiger partial charge on any atom is -0.746 e. The van der Waals surface area contributed by atoms with Crippen LogP contribution in [0.3, 0.4) is 0 Å². The average molecular weight is 389 g/mol. The van der Waals surface area contributed by atoms with E-state index in [0.717, 1.165) is 11.1 Å². The third-order valence-corrected chi connectivity index (χ3v) is 4.42. The average Bonchev–Trinajstić information content (AvgIpc) is 2.51. The second-order valence-electron chi connectivity index (χ2n) is 6.11. The molecule has 0 amide bonds. The summed E-state index contributed by atoms with van der Waals surface area (Å²) in [5, 5.41) is 8.44. The fraction of sp³-hybridized carbons (Fsp3) is 0.500. The molecule has 0 fully saturated rings. The van der Waals surface area contributed by atoms with Crippen molar-refractivity contribution in [2.75, 3.05) is 13.7 Å². The molecule has 0 aliphatic carbocycles. The first-order valence-corrected chi connectivity index (χ1v) is 9.58. The minimum atomic E-state index is -4.52. The summed E-state index contributed by atoms with van der Waals surface area (Å²) in [7, 11) is -2.93. The van der Waals surface area contributed by atoms with E-state index in [0.29, 0.717) is 5.76 Å². The van der Waals surface area contributed by atoms with Crippen molar-refractivity contribution in [2.24, 2.45) is 11.8 Å². The van der Waals surface area contributed by atoms with Crippen molar-refractivity contribution in [3.63, 3.8) is 0 Å². The summed E-state index contributed by atoms with van der Waals surface area (Å²) >= 11 is 0. The van der Waals surface area contributed by atoms with Crippen molar-refractivity contribution >= 4 is 13.6 Å². The van der Waals surface area contributed by atoms with Gasteiger partial charge in [-0.3, -0.25) is 4.57 Å². The number of allylic oxidation sites excluding steroid dienone is 1. The molecule has 0 saturated carbocycles. The summed E-state index contributed by atoms with van der Waals surface area (Å²) in [5.74, 6) is 1.40. The van der Waals surface area contributed by atoms with Gasteiger partial charge >= 0.3 is 37.4 Å². The molecule has 1 atom stereocenters. The molecule has 138 valence electrons. The van der Waals surface area contributed by atoms with Crippen molar-refractivity contribution in [3.8, 4) is 11.8 Å². The van der Waals surface area contributed by atoms with Crippen LogP contribution in [0.5, 0.6) is 5.75 Å². The molecule has 0 heterocycles. The Kier molecular flexibility index (Phi) is 11.5. The van der Waals surface area contributed by atoms with E-state index in [-0.39, 0.29) is 60.2 Å². The van der Waals surface area contributed by atoms with Crippen LogP contribution in [0.1, 0.15) is 39.7 Å². The van der Waals surface area contributed by atoms with Gasteiger partial charge in [-0.05, 0) is 29.5 Å². The topological polar surface area (TPSA) is 91.6 Å². The van der Waals surface area contributed by atoms with Gasteiger partial charge in [0.15, 0.2) is 0 Å². The smallest absolute Gasteiger partial charge is 0.746 e. The molecule has 0 N–H and O–H groups in total. The number of phosphoric ester groups is 1. The van der Waals surface area contributed by atoms with Crippen LogP contribution in [-0.4, -0.2) is 13.7 Å². The molecule has 8 heteroatoms. The largest absolute Gasteiger partial charge is 1.00 e. The Labute approximate surface area is 178 Å². The molecular weight excluding hydrogens is 364 g/mol. The van der Waals surface area contributed by atoms with Crippen molar-refractivity contribution in [1.82, 2.24) is 0 Å². The first-order valence-electron chi connectivity index (χ1n) is 8.12. The molecule has 1 aromatic carbocycles. The molecule has 1 rings (SSSR count). The van der Waals surface area contributed by atoms with E-state index in [1.807, 2.05) is 6.07 Å².